The molecule has 0 spiro atoms. The fraction of sp³-hybridized carbons (Fsp3) is 0.829. The number of hydrogen-bond acceptors (Lipinski definition) is 2. The van der Waals surface area contributed by atoms with Gasteiger partial charge < -0.3 is 10.2 Å². The van der Waals surface area contributed by atoms with E-state index in [2.05, 4.69) is 26.0 Å². The Morgan fingerprint density at radius 1 is 0.194 bits per heavy atom. The van der Waals surface area contributed by atoms with E-state index in [1.165, 1.54) is 347 Å². The van der Waals surface area contributed by atoms with Crippen LogP contribution in [0.4, 0.5) is 0 Å². The van der Waals surface area contributed by atoms with Crippen molar-refractivity contribution in [2.24, 2.45) is 0 Å². The Morgan fingerprint density at radius 3 is 0.486 bits per heavy atom. The molecular weight excluding hydrogens is 873 g/mol. The second-order valence-corrected chi connectivity index (χ2v) is 23.1. The third-order valence-corrected chi connectivity index (χ3v) is 16.1. The molecule has 0 fully saturated rings. The molecule has 0 bridgehead atoms. The van der Waals surface area contributed by atoms with Gasteiger partial charge in [-0.15, -0.1) is 0 Å². The first-order chi connectivity index (χ1) is 35.7. The van der Waals surface area contributed by atoms with Crippen molar-refractivity contribution in [2.45, 2.75) is 373 Å². The van der Waals surface area contributed by atoms with Crippen molar-refractivity contribution in [1.82, 2.24) is 0 Å². The van der Waals surface area contributed by atoms with Crippen molar-refractivity contribution in [2.75, 3.05) is 0 Å². The van der Waals surface area contributed by atoms with Gasteiger partial charge in [0.2, 0.25) is 0 Å². The van der Waals surface area contributed by atoms with E-state index in [1.54, 1.807) is 12.1 Å². The monoisotopic (exact) mass is 1000 g/mol. The van der Waals surface area contributed by atoms with E-state index in [4.69, 9.17) is 0 Å². The molecule has 2 rings (SSSR count). The molecule has 0 aliphatic rings. The lowest BCUT2D eigenvalue weighted by atomic mass is 10.0. The Kier molecular flexibility index (Phi) is 55.1. The molecule has 0 amide bonds. The van der Waals surface area contributed by atoms with Crippen LogP contribution in [-0.4, -0.2) is 10.2 Å². The Bertz CT molecular complexity index is 1300. The van der Waals surface area contributed by atoms with Crippen molar-refractivity contribution in [3.63, 3.8) is 0 Å². The van der Waals surface area contributed by atoms with Crippen LogP contribution in [0.5, 0.6) is 11.5 Å². The van der Waals surface area contributed by atoms with Gasteiger partial charge in [-0.25, -0.2) is 0 Å². The predicted molar refractivity (Wildman–Crippen MR) is 324 cm³/mol. The largest absolute Gasteiger partial charge is 0.508 e. The van der Waals surface area contributed by atoms with Gasteiger partial charge >= 0.3 is 0 Å². The summed E-state index contributed by atoms with van der Waals surface area (Å²) in [5.74, 6) is 0.930. The summed E-state index contributed by atoms with van der Waals surface area (Å²) in [7, 11) is 0. The van der Waals surface area contributed by atoms with Crippen molar-refractivity contribution in [3.05, 3.63) is 59.7 Å². The van der Waals surface area contributed by atoms with Crippen molar-refractivity contribution in [3.8, 4) is 11.5 Å². The third-order valence-electron chi connectivity index (χ3n) is 16.1. The molecule has 0 unspecified atom stereocenters. The number of hydrogen-bond donors (Lipinski definition) is 2. The molecule has 2 N–H and O–H groups in total. The average molecular weight is 1000 g/mol. The first kappa shape index (κ1) is 68.1. The van der Waals surface area contributed by atoms with Crippen LogP contribution in [0.25, 0.3) is 0 Å². The Hall–Kier alpha value is -1.96. The lowest BCUT2D eigenvalue weighted by molar-refractivity contribution is 0.465. The van der Waals surface area contributed by atoms with Gasteiger partial charge in [-0.3, -0.25) is 0 Å². The van der Waals surface area contributed by atoms with Crippen molar-refractivity contribution >= 4 is 0 Å². The number of aromatic hydroxyl groups is 2. The highest BCUT2D eigenvalue weighted by Crippen LogP contribution is 2.22. The standard InChI is InChI=1S/C36H66O.C34H62O/c1-2-3-4-5-6-7-8-9-10-11-12-13-14-15-16-17-18-19-20-21-22-23-24-25-26-27-28-29-32-35-33-30-31-34-36(35)37;1-2-3-4-5-6-7-8-9-10-11-12-13-14-15-16-17-18-19-20-21-22-23-24-25-26-27-30-33-31-28-29-32-34(33)35/h30-31,33-34,37H,2-29,32H2,1H3;28-29,31-32,35H,2-27,30H2,1H3. The zero-order valence-corrected chi connectivity index (χ0v) is 49.1. The molecule has 0 saturated carbocycles. The van der Waals surface area contributed by atoms with Crippen LogP contribution in [0, 0.1) is 0 Å². The highest BCUT2D eigenvalue weighted by Gasteiger charge is 2.02. The first-order valence-corrected chi connectivity index (χ1v) is 33.2. The molecule has 0 atom stereocenters. The summed E-state index contributed by atoms with van der Waals surface area (Å²) >= 11 is 0. The van der Waals surface area contributed by atoms with E-state index in [0.29, 0.717) is 11.5 Å². The second-order valence-electron chi connectivity index (χ2n) is 23.1. The Balaban J connectivity index is 0.000000721. The van der Waals surface area contributed by atoms with E-state index in [9.17, 15) is 10.2 Å². The third kappa shape index (κ3) is 50.2. The van der Waals surface area contributed by atoms with Gasteiger partial charge in [-0.05, 0) is 48.9 Å². The number of rotatable bonds is 56. The van der Waals surface area contributed by atoms with Gasteiger partial charge in [0.05, 0.1) is 0 Å². The maximum Gasteiger partial charge on any atom is 0.118 e. The molecule has 72 heavy (non-hydrogen) atoms. The summed E-state index contributed by atoms with van der Waals surface area (Å²) in [5, 5.41) is 19.6. The fourth-order valence-corrected chi connectivity index (χ4v) is 11.1. The minimum Gasteiger partial charge on any atom is -0.508 e. The molecule has 0 heterocycles. The topological polar surface area (TPSA) is 40.5 Å². The zero-order chi connectivity index (χ0) is 51.6. The van der Waals surface area contributed by atoms with E-state index in [1.807, 2.05) is 24.3 Å². The molecule has 2 nitrogen and oxygen atoms in total. The summed E-state index contributed by atoms with van der Waals surface area (Å²) in [6.07, 6.45) is 79.7. The van der Waals surface area contributed by atoms with Crippen LogP contribution >= 0.6 is 0 Å². The second kappa shape index (κ2) is 58.3. The van der Waals surface area contributed by atoms with Gasteiger partial charge in [0.1, 0.15) is 11.5 Å². The zero-order valence-electron chi connectivity index (χ0n) is 49.1. The van der Waals surface area contributed by atoms with Gasteiger partial charge in [0.25, 0.3) is 0 Å². The Labute approximate surface area is 452 Å². The van der Waals surface area contributed by atoms with E-state index >= 15 is 0 Å². The molecule has 2 heteroatoms. The highest BCUT2D eigenvalue weighted by atomic mass is 16.3. The fourth-order valence-electron chi connectivity index (χ4n) is 11.1. The smallest absolute Gasteiger partial charge is 0.118 e. The average Bonchev–Trinajstić information content (AvgIpc) is 3.39. The Morgan fingerprint density at radius 2 is 0.333 bits per heavy atom. The lowest BCUT2D eigenvalue weighted by Crippen LogP contribution is -1.87. The van der Waals surface area contributed by atoms with Crippen LogP contribution in [0.15, 0.2) is 48.5 Å². The summed E-state index contributed by atoms with van der Waals surface area (Å²) in [6.45, 7) is 4.60. The summed E-state index contributed by atoms with van der Waals surface area (Å²) < 4.78 is 0. The number of para-hydroxylation sites is 2. The molecule has 0 aliphatic heterocycles. The number of unbranched alkanes of at least 4 members (excludes halogenated alkanes) is 52. The minimum absolute atomic E-state index is 0.465. The number of benzene rings is 2. The SMILES string of the molecule is CCCCCCCCCCCCCCCCCCCCCCCCCCCCCCc1ccccc1O.CCCCCCCCCCCCCCCCCCCCCCCCCCCCc1ccccc1O. The summed E-state index contributed by atoms with van der Waals surface area (Å²) in [6, 6.07) is 15.6. The van der Waals surface area contributed by atoms with Crippen LogP contribution in [0.3, 0.4) is 0 Å². The van der Waals surface area contributed by atoms with E-state index < -0.39 is 0 Å². The predicted octanol–water partition coefficient (Wildman–Crippen LogP) is 25.0. The van der Waals surface area contributed by atoms with Gasteiger partial charge in [-0.1, -0.05) is 384 Å². The molecule has 420 valence electrons. The first-order valence-electron chi connectivity index (χ1n) is 33.2. The normalized spacial score (nSPS) is 11.4. The van der Waals surface area contributed by atoms with Crippen molar-refractivity contribution in [1.29, 1.82) is 0 Å². The van der Waals surface area contributed by atoms with Crippen LogP contribution in [0.2, 0.25) is 0 Å². The molecular formula is C70H128O2. The van der Waals surface area contributed by atoms with Gasteiger partial charge in [0.15, 0.2) is 0 Å². The number of phenolic OH excluding ortho intramolecular Hbond substituents is 2. The molecule has 0 aromatic heterocycles. The van der Waals surface area contributed by atoms with Gasteiger partial charge in [-0.2, -0.15) is 0 Å². The molecule has 0 saturated heterocycles. The minimum atomic E-state index is 0.465. The number of aryl methyl sites for hydroxylation is 2. The molecule has 0 radical (unpaired) electrons. The lowest BCUT2D eigenvalue weighted by Gasteiger charge is -2.05. The van der Waals surface area contributed by atoms with Gasteiger partial charge in [0, 0.05) is 0 Å². The number of phenols is 2. The van der Waals surface area contributed by atoms with Crippen LogP contribution < -0.4 is 0 Å². The van der Waals surface area contributed by atoms with Crippen LogP contribution in [-0.2, 0) is 12.8 Å². The summed E-state index contributed by atoms with van der Waals surface area (Å²) in [4.78, 5) is 0. The van der Waals surface area contributed by atoms with Crippen LogP contribution in [0.1, 0.15) is 372 Å². The van der Waals surface area contributed by atoms with Crippen molar-refractivity contribution < 1.29 is 10.2 Å². The quantitative estimate of drug-likeness (QED) is 0.0649. The molecule has 2 aromatic carbocycles. The molecule has 2 aromatic rings. The molecule has 0 aliphatic carbocycles. The maximum absolute atomic E-state index is 9.81. The summed E-state index contributed by atoms with van der Waals surface area (Å²) in [5.41, 5.74) is 2.22. The highest BCUT2D eigenvalue weighted by molar-refractivity contribution is 5.32. The van der Waals surface area contributed by atoms with E-state index in [-0.39, 0.29) is 0 Å². The maximum atomic E-state index is 9.81. The van der Waals surface area contributed by atoms with E-state index in [0.717, 1.165) is 24.0 Å².